The number of amides is 1. The van der Waals surface area contributed by atoms with E-state index in [9.17, 15) is 18.0 Å². The first-order chi connectivity index (χ1) is 13.7. The van der Waals surface area contributed by atoms with Crippen molar-refractivity contribution < 1.29 is 27.5 Å². The fraction of sp³-hybridized carbons (Fsp3) is 0.263. The maximum atomic E-state index is 12.5. The molecule has 0 unspecified atom stereocenters. The SMILES string of the molecule is CCOC(=O)c1cc(NC(=O)CN(c2ccccc2OC)S(C)(=O)=O)ccc1Cl. The van der Waals surface area contributed by atoms with E-state index < -0.39 is 28.4 Å². The van der Waals surface area contributed by atoms with Gasteiger partial charge in [0.2, 0.25) is 15.9 Å². The van der Waals surface area contributed by atoms with E-state index in [2.05, 4.69) is 5.32 Å². The van der Waals surface area contributed by atoms with Crippen LogP contribution in [0.4, 0.5) is 11.4 Å². The van der Waals surface area contributed by atoms with Crippen molar-refractivity contribution >= 4 is 44.9 Å². The minimum absolute atomic E-state index is 0.0935. The fourth-order valence-corrected chi connectivity index (χ4v) is 3.57. The molecular weight excluding hydrogens is 420 g/mol. The Bertz CT molecular complexity index is 1010. The van der Waals surface area contributed by atoms with Gasteiger partial charge in [0.05, 0.1) is 36.2 Å². The molecule has 0 saturated heterocycles. The maximum absolute atomic E-state index is 12.5. The van der Waals surface area contributed by atoms with Gasteiger partial charge in [-0.3, -0.25) is 9.10 Å². The summed E-state index contributed by atoms with van der Waals surface area (Å²) in [6, 6.07) is 10.8. The predicted molar refractivity (Wildman–Crippen MR) is 111 cm³/mol. The second-order valence-electron chi connectivity index (χ2n) is 5.90. The van der Waals surface area contributed by atoms with Crippen LogP contribution in [0.2, 0.25) is 5.02 Å². The van der Waals surface area contributed by atoms with Crippen molar-refractivity contribution in [2.45, 2.75) is 6.92 Å². The summed E-state index contributed by atoms with van der Waals surface area (Å²) >= 11 is 6.01. The molecule has 10 heteroatoms. The molecule has 0 spiro atoms. The number of rotatable bonds is 8. The van der Waals surface area contributed by atoms with Crippen LogP contribution in [-0.2, 0) is 19.6 Å². The van der Waals surface area contributed by atoms with E-state index in [1.54, 1.807) is 25.1 Å². The van der Waals surface area contributed by atoms with Crippen LogP contribution in [0.5, 0.6) is 5.75 Å². The van der Waals surface area contributed by atoms with Gasteiger partial charge >= 0.3 is 5.97 Å². The number of hydrogen-bond donors (Lipinski definition) is 1. The number of methoxy groups -OCH3 is 1. The van der Waals surface area contributed by atoms with Crippen LogP contribution in [-0.4, -0.2) is 46.8 Å². The van der Waals surface area contributed by atoms with Gasteiger partial charge in [-0.2, -0.15) is 0 Å². The van der Waals surface area contributed by atoms with Gasteiger partial charge in [0.1, 0.15) is 12.3 Å². The molecule has 1 amide bonds. The molecule has 29 heavy (non-hydrogen) atoms. The van der Waals surface area contributed by atoms with Crippen LogP contribution >= 0.6 is 11.6 Å². The number of ether oxygens (including phenoxy) is 2. The van der Waals surface area contributed by atoms with E-state index in [4.69, 9.17) is 21.1 Å². The average Bonchev–Trinajstić information content (AvgIpc) is 2.67. The summed E-state index contributed by atoms with van der Waals surface area (Å²) in [5.74, 6) is -0.930. The monoisotopic (exact) mass is 440 g/mol. The number of hydrogen-bond acceptors (Lipinski definition) is 6. The maximum Gasteiger partial charge on any atom is 0.339 e. The van der Waals surface area contributed by atoms with Crippen molar-refractivity contribution in [3.05, 3.63) is 53.1 Å². The summed E-state index contributed by atoms with van der Waals surface area (Å²) in [6.45, 7) is 1.35. The zero-order valence-electron chi connectivity index (χ0n) is 16.1. The summed E-state index contributed by atoms with van der Waals surface area (Å²) < 4.78 is 35.6. The van der Waals surface area contributed by atoms with Crippen molar-refractivity contribution in [2.75, 3.05) is 36.1 Å². The molecule has 2 aromatic carbocycles. The highest BCUT2D eigenvalue weighted by molar-refractivity contribution is 7.92. The van der Waals surface area contributed by atoms with Crippen molar-refractivity contribution in [1.82, 2.24) is 0 Å². The van der Waals surface area contributed by atoms with Crippen molar-refractivity contribution in [2.24, 2.45) is 0 Å². The standard InChI is InChI=1S/C19H21ClN2O6S/c1-4-28-19(24)14-11-13(9-10-15(14)20)21-18(23)12-22(29(3,25)26)16-7-5-6-8-17(16)27-2/h5-11H,4,12H2,1-3H3,(H,21,23). The second kappa shape index (κ2) is 9.62. The summed E-state index contributed by atoms with van der Waals surface area (Å²) in [5, 5.41) is 2.74. The van der Waals surface area contributed by atoms with E-state index >= 15 is 0 Å². The lowest BCUT2D eigenvalue weighted by atomic mass is 10.2. The van der Waals surface area contributed by atoms with Gasteiger partial charge in [0.25, 0.3) is 0 Å². The number of esters is 1. The van der Waals surface area contributed by atoms with Crippen molar-refractivity contribution in [3.63, 3.8) is 0 Å². The number of benzene rings is 2. The van der Waals surface area contributed by atoms with Crippen LogP contribution in [0.1, 0.15) is 17.3 Å². The lowest BCUT2D eigenvalue weighted by molar-refractivity contribution is -0.114. The number of nitrogens with one attached hydrogen (secondary N) is 1. The van der Waals surface area contributed by atoms with E-state index in [0.29, 0.717) is 5.75 Å². The Labute approximate surface area is 174 Å². The number of carbonyl (C=O) groups excluding carboxylic acids is 2. The van der Waals surface area contributed by atoms with Crippen molar-refractivity contribution in [1.29, 1.82) is 0 Å². The normalized spacial score (nSPS) is 10.9. The zero-order valence-corrected chi connectivity index (χ0v) is 17.7. The van der Waals surface area contributed by atoms with Crippen LogP contribution in [0.25, 0.3) is 0 Å². The molecule has 1 N–H and O–H groups in total. The predicted octanol–water partition coefficient (Wildman–Crippen LogP) is 2.93. The molecule has 2 rings (SSSR count). The van der Waals surface area contributed by atoms with Gasteiger partial charge in [-0.1, -0.05) is 23.7 Å². The van der Waals surface area contributed by atoms with E-state index in [1.165, 1.54) is 31.4 Å². The Balaban J connectivity index is 2.26. The molecule has 0 bridgehead atoms. The minimum atomic E-state index is -3.78. The first kappa shape index (κ1) is 22.5. The molecule has 0 fully saturated rings. The van der Waals surface area contributed by atoms with Gasteiger partial charge in [0.15, 0.2) is 0 Å². The third-order valence-electron chi connectivity index (χ3n) is 3.79. The third kappa shape index (κ3) is 5.85. The number of carbonyl (C=O) groups is 2. The summed E-state index contributed by atoms with van der Waals surface area (Å²) in [5.41, 5.74) is 0.600. The minimum Gasteiger partial charge on any atom is -0.495 e. The molecule has 0 aliphatic carbocycles. The molecule has 156 valence electrons. The number of anilines is 2. The van der Waals surface area contributed by atoms with Gasteiger partial charge in [-0.15, -0.1) is 0 Å². The van der Waals surface area contributed by atoms with Gasteiger partial charge in [-0.25, -0.2) is 13.2 Å². The van der Waals surface area contributed by atoms with E-state index in [1.807, 2.05) is 0 Å². The molecule has 0 radical (unpaired) electrons. The molecule has 0 saturated carbocycles. The molecule has 2 aromatic rings. The number of sulfonamides is 1. The molecule has 0 aliphatic heterocycles. The second-order valence-corrected chi connectivity index (χ2v) is 8.22. The molecule has 8 nitrogen and oxygen atoms in total. The molecule has 0 heterocycles. The Kier molecular flexibility index (Phi) is 7.46. The van der Waals surface area contributed by atoms with Crippen LogP contribution in [0.15, 0.2) is 42.5 Å². The van der Waals surface area contributed by atoms with Crippen LogP contribution in [0, 0.1) is 0 Å². The number of para-hydroxylation sites is 2. The first-order valence-electron chi connectivity index (χ1n) is 8.54. The highest BCUT2D eigenvalue weighted by Gasteiger charge is 2.24. The fourth-order valence-electron chi connectivity index (χ4n) is 2.52. The third-order valence-corrected chi connectivity index (χ3v) is 5.24. The number of nitrogens with zero attached hydrogens (tertiary/aromatic N) is 1. The van der Waals surface area contributed by atoms with Crippen LogP contribution < -0.4 is 14.4 Å². The lowest BCUT2D eigenvalue weighted by Gasteiger charge is -2.23. The molecule has 0 aliphatic rings. The van der Waals surface area contributed by atoms with Crippen LogP contribution in [0.3, 0.4) is 0 Å². The highest BCUT2D eigenvalue weighted by Crippen LogP contribution is 2.29. The lowest BCUT2D eigenvalue weighted by Crippen LogP contribution is -2.37. The smallest absolute Gasteiger partial charge is 0.339 e. The zero-order chi connectivity index (χ0) is 21.6. The Morgan fingerprint density at radius 2 is 1.86 bits per heavy atom. The Morgan fingerprint density at radius 1 is 1.17 bits per heavy atom. The van der Waals surface area contributed by atoms with E-state index in [0.717, 1.165) is 10.6 Å². The van der Waals surface area contributed by atoms with Crippen molar-refractivity contribution in [3.8, 4) is 5.75 Å². The quantitative estimate of drug-likeness (QED) is 0.633. The Hall–Kier alpha value is -2.78. The molecule has 0 atom stereocenters. The first-order valence-corrected chi connectivity index (χ1v) is 10.8. The Morgan fingerprint density at radius 3 is 2.48 bits per heavy atom. The number of halogens is 1. The summed E-state index contributed by atoms with van der Waals surface area (Å²) in [6.07, 6.45) is 0.994. The summed E-state index contributed by atoms with van der Waals surface area (Å²) in [4.78, 5) is 24.5. The van der Waals surface area contributed by atoms with Gasteiger partial charge < -0.3 is 14.8 Å². The topological polar surface area (TPSA) is 102 Å². The summed E-state index contributed by atoms with van der Waals surface area (Å²) in [7, 11) is -2.37. The average molecular weight is 441 g/mol. The molecule has 0 aromatic heterocycles. The highest BCUT2D eigenvalue weighted by atomic mass is 35.5. The largest absolute Gasteiger partial charge is 0.495 e. The molecular formula is C19H21ClN2O6S. The van der Waals surface area contributed by atoms with Gasteiger partial charge in [-0.05, 0) is 37.3 Å². The van der Waals surface area contributed by atoms with E-state index in [-0.39, 0.29) is 28.6 Å². The van der Waals surface area contributed by atoms with Gasteiger partial charge in [0, 0.05) is 5.69 Å².